The summed E-state index contributed by atoms with van der Waals surface area (Å²) in [5.41, 5.74) is 4.78. The van der Waals surface area contributed by atoms with Crippen molar-refractivity contribution < 1.29 is 9.53 Å². The third kappa shape index (κ3) is 3.79. The number of para-hydroxylation sites is 2. The molecule has 4 nitrogen and oxygen atoms in total. The van der Waals surface area contributed by atoms with Crippen LogP contribution in [0.5, 0.6) is 5.75 Å². The minimum absolute atomic E-state index is 0.276. The molecule has 0 spiro atoms. The molecule has 0 fully saturated rings. The number of aryl methyl sites for hydroxylation is 3. The van der Waals surface area contributed by atoms with Gasteiger partial charge in [0, 0.05) is 5.69 Å². The Morgan fingerprint density at radius 1 is 1.05 bits per heavy atom. The van der Waals surface area contributed by atoms with Gasteiger partial charge in [-0.05, 0) is 51.0 Å². The molecular weight excluding hydrogens is 276 g/mol. The Labute approximate surface area is 131 Å². The third-order valence-corrected chi connectivity index (χ3v) is 3.35. The second-order valence-electron chi connectivity index (χ2n) is 5.28. The van der Waals surface area contributed by atoms with Crippen molar-refractivity contribution in [2.75, 3.05) is 17.2 Å². The molecule has 0 aromatic heterocycles. The van der Waals surface area contributed by atoms with Crippen molar-refractivity contribution in [1.29, 1.82) is 0 Å². The molecule has 2 rings (SSSR count). The van der Waals surface area contributed by atoms with Gasteiger partial charge >= 0.3 is 6.03 Å². The van der Waals surface area contributed by atoms with E-state index in [4.69, 9.17) is 4.74 Å². The van der Waals surface area contributed by atoms with Gasteiger partial charge in [0.15, 0.2) is 0 Å². The zero-order chi connectivity index (χ0) is 16.1. The van der Waals surface area contributed by atoms with Crippen molar-refractivity contribution in [1.82, 2.24) is 0 Å². The van der Waals surface area contributed by atoms with Crippen molar-refractivity contribution >= 4 is 17.4 Å². The van der Waals surface area contributed by atoms with E-state index < -0.39 is 0 Å². The molecule has 0 aliphatic heterocycles. The Morgan fingerprint density at radius 2 is 1.68 bits per heavy atom. The number of carbonyl (C=O) groups is 1. The fraction of sp³-hybridized carbons (Fsp3) is 0.278. The zero-order valence-electron chi connectivity index (χ0n) is 13.5. The van der Waals surface area contributed by atoms with Crippen LogP contribution in [0.3, 0.4) is 0 Å². The Morgan fingerprint density at radius 3 is 2.32 bits per heavy atom. The van der Waals surface area contributed by atoms with Crippen molar-refractivity contribution in [2.45, 2.75) is 27.7 Å². The number of carbonyl (C=O) groups excluding carboxylic acids is 1. The van der Waals surface area contributed by atoms with Crippen LogP contribution in [0.1, 0.15) is 23.6 Å². The molecule has 2 aromatic carbocycles. The number of nitrogens with one attached hydrogen (secondary N) is 2. The zero-order valence-corrected chi connectivity index (χ0v) is 13.5. The van der Waals surface area contributed by atoms with Crippen LogP contribution < -0.4 is 15.4 Å². The summed E-state index contributed by atoms with van der Waals surface area (Å²) in [7, 11) is 0. The summed E-state index contributed by atoms with van der Waals surface area (Å²) in [5, 5.41) is 5.76. The van der Waals surface area contributed by atoms with Crippen molar-refractivity contribution in [3.05, 3.63) is 53.1 Å². The molecule has 116 valence electrons. The Hall–Kier alpha value is -2.49. The topological polar surface area (TPSA) is 50.4 Å². The molecular formula is C18H22N2O2. The predicted molar refractivity (Wildman–Crippen MR) is 90.9 cm³/mol. The van der Waals surface area contributed by atoms with Gasteiger partial charge in [-0.1, -0.05) is 29.8 Å². The summed E-state index contributed by atoms with van der Waals surface area (Å²) in [5.74, 6) is 0.664. The molecule has 22 heavy (non-hydrogen) atoms. The first kappa shape index (κ1) is 15.9. The highest BCUT2D eigenvalue weighted by atomic mass is 16.5. The summed E-state index contributed by atoms with van der Waals surface area (Å²) in [6.45, 7) is 8.49. The SMILES string of the molecule is CCOc1ccccc1NC(=O)Nc1c(C)cc(C)cc1C. The van der Waals surface area contributed by atoms with E-state index in [1.807, 2.05) is 52.0 Å². The molecule has 0 aliphatic carbocycles. The maximum atomic E-state index is 12.2. The lowest BCUT2D eigenvalue weighted by Crippen LogP contribution is -2.21. The molecule has 2 amide bonds. The summed E-state index contributed by atoms with van der Waals surface area (Å²) in [6.07, 6.45) is 0. The van der Waals surface area contributed by atoms with Gasteiger partial charge < -0.3 is 15.4 Å². The van der Waals surface area contributed by atoms with Gasteiger partial charge in [-0.15, -0.1) is 0 Å². The van der Waals surface area contributed by atoms with Crippen LogP contribution in [0.2, 0.25) is 0 Å². The predicted octanol–water partition coefficient (Wildman–Crippen LogP) is 4.65. The highest BCUT2D eigenvalue weighted by molar-refractivity contribution is 6.01. The fourth-order valence-corrected chi connectivity index (χ4v) is 2.50. The van der Waals surface area contributed by atoms with Gasteiger partial charge in [0.1, 0.15) is 5.75 Å². The lowest BCUT2D eigenvalue weighted by Gasteiger charge is -2.15. The summed E-state index contributed by atoms with van der Waals surface area (Å²) in [6, 6.07) is 11.2. The lowest BCUT2D eigenvalue weighted by atomic mass is 10.1. The number of benzene rings is 2. The summed E-state index contributed by atoms with van der Waals surface area (Å²) >= 11 is 0. The maximum absolute atomic E-state index is 12.2. The molecule has 0 bridgehead atoms. The summed E-state index contributed by atoms with van der Waals surface area (Å²) in [4.78, 5) is 12.2. The average Bonchev–Trinajstić information content (AvgIpc) is 2.45. The van der Waals surface area contributed by atoms with E-state index in [9.17, 15) is 4.79 Å². The standard InChI is InChI=1S/C18H22N2O2/c1-5-22-16-9-7-6-8-15(16)19-18(21)20-17-13(3)10-12(2)11-14(17)4/h6-11H,5H2,1-4H3,(H2,19,20,21). The molecule has 4 heteroatoms. The average molecular weight is 298 g/mol. The van der Waals surface area contributed by atoms with Crippen molar-refractivity contribution in [3.63, 3.8) is 0 Å². The Balaban J connectivity index is 2.14. The number of rotatable bonds is 4. The van der Waals surface area contributed by atoms with Gasteiger partial charge in [-0.2, -0.15) is 0 Å². The quantitative estimate of drug-likeness (QED) is 0.863. The third-order valence-electron chi connectivity index (χ3n) is 3.35. The van der Waals surface area contributed by atoms with Crippen molar-refractivity contribution in [3.8, 4) is 5.75 Å². The molecule has 0 aliphatic rings. The van der Waals surface area contributed by atoms with Crippen LogP contribution in [-0.4, -0.2) is 12.6 Å². The fourth-order valence-electron chi connectivity index (χ4n) is 2.50. The van der Waals surface area contributed by atoms with Crippen LogP contribution >= 0.6 is 0 Å². The first-order chi connectivity index (χ1) is 10.5. The number of amides is 2. The van der Waals surface area contributed by atoms with Gasteiger partial charge in [-0.25, -0.2) is 4.79 Å². The highest BCUT2D eigenvalue weighted by Gasteiger charge is 2.10. The smallest absolute Gasteiger partial charge is 0.323 e. The number of ether oxygens (including phenoxy) is 1. The van der Waals surface area contributed by atoms with E-state index in [0.29, 0.717) is 18.0 Å². The first-order valence-corrected chi connectivity index (χ1v) is 7.39. The van der Waals surface area contributed by atoms with Gasteiger partial charge in [0.2, 0.25) is 0 Å². The van der Waals surface area contributed by atoms with E-state index in [0.717, 1.165) is 16.8 Å². The minimum Gasteiger partial charge on any atom is -0.492 e. The monoisotopic (exact) mass is 298 g/mol. The number of urea groups is 1. The van der Waals surface area contributed by atoms with E-state index in [1.165, 1.54) is 5.56 Å². The Bertz CT molecular complexity index is 658. The van der Waals surface area contributed by atoms with Gasteiger partial charge in [0.05, 0.1) is 12.3 Å². The van der Waals surface area contributed by atoms with Gasteiger partial charge in [0.25, 0.3) is 0 Å². The van der Waals surface area contributed by atoms with Crippen LogP contribution in [0.4, 0.5) is 16.2 Å². The minimum atomic E-state index is -0.276. The highest BCUT2D eigenvalue weighted by Crippen LogP contribution is 2.25. The molecule has 0 atom stereocenters. The normalized spacial score (nSPS) is 10.2. The molecule has 0 saturated carbocycles. The molecule has 0 radical (unpaired) electrons. The van der Waals surface area contributed by atoms with E-state index >= 15 is 0 Å². The van der Waals surface area contributed by atoms with E-state index in [1.54, 1.807) is 0 Å². The molecule has 2 N–H and O–H groups in total. The van der Waals surface area contributed by atoms with Crippen LogP contribution in [0.25, 0.3) is 0 Å². The molecule has 0 unspecified atom stereocenters. The number of hydrogen-bond donors (Lipinski definition) is 2. The van der Waals surface area contributed by atoms with E-state index in [2.05, 4.69) is 22.8 Å². The number of anilines is 2. The van der Waals surface area contributed by atoms with Crippen LogP contribution in [0, 0.1) is 20.8 Å². The Kier molecular flexibility index (Phi) is 5.04. The molecule has 0 saturated heterocycles. The second-order valence-corrected chi connectivity index (χ2v) is 5.28. The molecule has 2 aromatic rings. The van der Waals surface area contributed by atoms with Crippen LogP contribution in [-0.2, 0) is 0 Å². The van der Waals surface area contributed by atoms with Crippen LogP contribution in [0.15, 0.2) is 36.4 Å². The largest absolute Gasteiger partial charge is 0.492 e. The first-order valence-electron chi connectivity index (χ1n) is 7.39. The summed E-state index contributed by atoms with van der Waals surface area (Å²) < 4.78 is 5.51. The lowest BCUT2D eigenvalue weighted by molar-refractivity contribution is 0.262. The van der Waals surface area contributed by atoms with E-state index in [-0.39, 0.29) is 6.03 Å². The molecule has 0 heterocycles. The van der Waals surface area contributed by atoms with Crippen molar-refractivity contribution in [2.24, 2.45) is 0 Å². The maximum Gasteiger partial charge on any atom is 0.323 e. The van der Waals surface area contributed by atoms with Gasteiger partial charge in [-0.3, -0.25) is 0 Å². The number of hydrogen-bond acceptors (Lipinski definition) is 2. The second kappa shape index (κ2) is 6.98.